The van der Waals surface area contributed by atoms with E-state index in [9.17, 15) is 8.78 Å². The number of likely N-dealkylation sites (tertiary alicyclic amines) is 1. The highest BCUT2D eigenvalue weighted by molar-refractivity contribution is 5.64. The van der Waals surface area contributed by atoms with Gasteiger partial charge in [-0.2, -0.15) is 5.10 Å². The highest BCUT2D eigenvalue weighted by Gasteiger charge is 2.43. The zero-order chi connectivity index (χ0) is 26.1. The Hall–Kier alpha value is -4.38. The van der Waals surface area contributed by atoms with Gasteiger partial charge in [-0.1, -0.05) is 24.3 Å². The Kier molecular flexibility index (Phi) is 6.20. The molecule has 1 aromatic carbocycles. The second-order valence-electron chi connectivity index (χ2n) is 9.39. The Bertz CT molecular complexity index is 1560. The second kappa shape index (κ2) is 9.82. The third-order valence-corrected chi connectivity index (χ3v) is 6.47. The summed E-state index contributed by atoms with van der Waals surface area (Å²) in [4.78, 5) is 15.0. The molecule has 0 aliphatic carbocycles. The van der Waals surface area contributed by atoms with Crippen molar-refractivity contribution < 1.29 is 13.5 Å². The van der Waals surface area contributed by atoms with Gasteiger partial charge in [0.05, 0.1) is 36.9 Å². The lowest BCUT2D eigenvalue weighted by Crippen LogP contribution is -2.56. The minimum absolute atomic E-state index is 0.201. The number of nitrogens with zero attached hydrogens (tertiary/aromatic N) is 7. The lowest BCUT2D eigenvalue weighted by Gasteiger charge is -2.38. The van der Waals surface area contributed by atoms with Gasteiger partial charge in [0, 0.05) is 50.2 Å². The van der Waals surface area contributed by atoms with Crippen molar-refractivity contribution in [3.63, 3.8) is 0 Å². The molecule has 194 valence electrons. The van der Waals surface area contributed by atoms with Crippen molar-refractivity contribution in [3.05, 3.63) is 79.1 Å². The number of alkyl halides is 2. The van der Waals surface area contributed by atoms with Gasteiger partial charge in [0.2, 0.25) is 0 Å². The lowest BCUT2D eigenvalue weighted by molar-refractivity contribution is -0.132. The summed E-state index contributed by atoms with van der Waals surface area (Å²) in [5.74, 6) is -1.22. The van der Waals surface area contributed by atoms with Gasteiger partial charge >= 0.3 is 0 Å². The number of fused-ring (bicyclic) bond motifs is 1. The molecule has 0 atom stereocenters. The number of ether oxygens (including phenoxy) is 1. The fourth-order valence-electron chi connectivity index (χ4n) is 4.47. The molecule has 1 aliphatic heterocycles. The number of imidazole rings is 1. The van der Waals surface area contributed by atoms with Gasteiger partial charge in [-0.05, 0) is 17.2 Å². The summed E-state index contributed by atoms with van der Waals surface area (Å²) in [5, 5.41) is 7.59. The van der Waals surface area contributed by atoms with E-state index in [0.717, 1.165) is 28.1 Å². The first kappa shape index (κ1) is 24.0. The topological polar surface area (TPSA) is 85.4 Å². The summed E-state index contributed by atoms with van der Waals surface area (Å²) in [6.45, 7) is 1.02. The van der Waals surface area contributed by atoms with Crippen molar-refractivity contribution >= 4 is 11.5 Å². The zero-order valence-corrected chi connectivity index (χ0v) is 20.8. The SMILES string of the molecule is Cn1cc(-c2ccc(CNc3cc(-c4cnc5cc(OCCN6CC(F)(F)C6)ccn45)ncn3)cc2)cn1. The van der Waals surface area contributed by atoms with Crippen LogP contribution < -0.4 is 10.1 Å². The normalized spacial score (nSPS) is 14.9. The van der Waals surface area contributed by atoms with Gasteiger partial charge < -0.3 is 10.1 Å². The number of hydrogen-bond donors (Lipinski definition) is 1. The quantitative estimate of drug-likeness (QED) is 0.315. The van der Waals surface area contributed by atoms with E-state index >= 15 is 0 Å². The molecule has 0 spiro atoms. The fourth-order valence-corrected chi connectivity index (χ4v) is 4.47. The number of nitrogens with one attached hydrogen (secondary N) is 1. The second-order valence-corrected chi connectivity index (χ2v) is 9.39. The molecular formula is C27H26F2N8O. The number of halogens is 2. The number of pyridine rings is 1. The molecule has 9 nitrogen and oxygen atoms in total. The number of hydrogen-bond acceptors (Lipinski definition) is 7. The Labute approximate surface area is 217 Å². The summed E-state index contributed by atoms with van der Waals surface area (Å²) < 4.78 is 35.4. The maximum Gasteiger partial charge on any atom is 0.272 e. The molecule has 5 heterocycles. The van der Waals surface area contributed by atoms with Crippen LogP contribution in [0.4, 0.5) is 14.6 Å². The minimum Gasteiger partial charge on any atom is -0.492 e. The molecular weight excluding hydrogens is 490 g/mol. The molecule has 0 saturated carbocycles. The Morgan fingerprint density at radius 3 is 2.61 bits per heavy atom. The number of rotatable bonds is 9. The average Bonchev–Trinajstić information content (AvgIpc) is 3.53. The van der Waals surface area contributed by atoms with E-state index in [1.54, 1.807) is 15.8 Å². The molecule has 5 aromatic rings. The van der Waals surface area contributed by atoms with Gasteiger partial charge in [0.25, 0.3) is 5.92 Å². The van der Waals surface area contributed by atoms with Crippen molar-refractivity contribution in [2.45, 2.75) is 12.5 Å². The largest absolute Gasteiger partial charge is 0.492 e. The monoisotopic (exact) mass is 516 g/mol. The Morgan fingerprint density at radius 1 is 1.00 bits per heavy atom. The first-order chi connectivity index (χ1) is 18.4. The summed E-state index contributed by atoms with van der Waals surface area (Å²) in [6, 6.07) is 13.9. The zero-order valence-electron chi connectivity index (χ0n) is 20.8. The summed E-state index contributed by atoms with van der Waals surface area (Å²) >= 11 is 0. The van der Waals surface area contributed by atoms with Crippen LogP contribution in [0, 0.1) is 0 Å². The molecule has 0 amide bonds. The smallest absolute Gasteiger partial charge is 0.272 e. The lowest BCUT2D eigenvalue weighted by atomic mass is 10.1. The molecule has 6 rings (SSSR count). The van der Waals surface area contributed by atoms with E-state index < -0.39 is 5.92 Å². The Morgan fingerprint density at radius 2 is 1.84 bits per heavy atom. The average molecular weight is 517 g/mol. The first-order valence-electron chi connectivity index (χ1n) is 12.3. The molecule has 0 radical (unpaired) electrons. The van der Waals surface area contributed by atoms with Crippen LogP contribution in [-0.4, -0.2) is 66.2 Å². The van der Waals surface area contributed by atoms with Crippen LogP contribution in [-0.2, 0) is 13.6 Å². The van der Waals surface area contributed by atoms with Crippen LogP contribution in [0.2, 0.25) is 0 Å². The maximum atomic E-state index is 13.0. The van der Waals surface area contributed by atoms with Crippen LogP contribution in [0.5, 0.6) is 5.75 Å². The molecule has 1 N–H and O–H groups in total. The minimum atomic E-state index is -2.56. The van der Waals surface area contributed by atoms with Crippen molar-refractivity contribution in [2.75, 3.05) is 31.6 Å². The fraction of sp³-hybridized carbons (Fsp3) is 0.259. The van der Waals surface area contributed by atoms with Crippen LogP contribution in [0.15, 0.2) is 73.6 Å². The predicted octanol–water partition coefficient (Wildman–Crippen LogP) is 4.13. The van der Waals surface area contributed by atoms with Crippen LogP contribution in [0.1, 0.15) is 5.56 Å². The van der Waals surface area contributed by atoms with E-state index in [2.05, 4.69) is 49.6 Å². The summed E-state index contributed by atoms with van der Waals surface area (Å²) in [6.07, 6.45) is 8.99. The van der Waals surface area contributed by atoms with E-state index in [4.69, 9.17) is 4.74 Å². The van der Waals surface area contributed by atoms with Crippen molar-refractivity contribution in [3.8, 4) is 28.3 Å². The number of aryl methyl sites for hydroxylation is 1. The maximum absolute atomic E-state index is 13.0. The van der Waals surface area contributed by atoms with E-state index in [1.807, 2.05) is 48.2 Å². The van der Waals surface area contributed by atoms with E-state index in [1.165, 1.54) is 6.33 Å². The van der Waals surface area contributed by atoms with Gasteiger partial charge in [-0.3, -0.25) is 14.0 Å². The summed E-state index contributed by atoms with van der Waals surface area (Å²) in [5.41, 5.74) is 5.58. The van der Waals surface area contributed by atoms with Crippen molar-refractivity contribution in [1.29, 1.82) is 0 Å². The van der Waals surface area contributed by atoms with Crippen LogP contribution in [0.3, 0.4) is 0 Å². The number of anilines is 1. The van der Waals surface area contributed by atoms with Gasteiger partial charge in [0.1, 0.15) is 30.1 Å². The van der Waals surface area contributed by atoms with E-state index in [0.29, 0.717) is 36.9 Å². The highest BCUT2D eigenvalue weighted by atomic mass is 19.3. The van der Waals surface area contributed by atoms with Crippen LogP contribution >= 0.6 is 0 Å². The highest BCUT2D eigenvalue weighted by Crippen LogP contribution is 2.27. The summed E-state index contributed by atoms with van der Waals surface area (Å²) in [7, 11) is 1.90. The molecule has 11 heteroatoms. The van der Waals surface area contributed by atoms with Gasteiger partial charge in [0.15, 0.2) is 0 Å². The molecule has 38 heavy (non-hydrogen) atoms. The molecule has 1 aliphatic rings. The van der Waals surface area contributed by atoms with Gasteiger partial charge in [-0.15, -0.1) is 0 Å². The molecule has 1 fully saturated rings. The third-order valence-electron chi connectivity index (χ3n) is 6.47. The molecule has 4 aromatic heterocycles. The molecule has 0 bridgehead atoms. The first-order valence-corrected chi connectivity index (χ1v) is 12.3. The number of benzene rings is 1. The van der Waals surface area contributed by atoms with Crippen LogP contribution in [0.25, 0.3) is 28.2 Å². The van der Waals surface area contributed by atoms with Crippen molar-refractivity contribution in [2.24, 2.45) is 7.05 Å². The van der Waals surface area contributed by atoms with E-state index in [-0.39, 0.29) is 13.1 Å². The van der Waals surface area contributed by atoms with Gasteiger partial charge in [-0.25, -0.2) is 23.7 Å². The number of aromatic nitrogens is 6. The Balaban J connectivity index is 1.08. The molecule has 1 saturated heterocycles. The molecule has 0 unspecified atom stereocenters. The predicted molar refractivity (Wildman–Crippen MR) is 139 cm³/mol. The third kappa shape index (κ3) is 5.18. The van der Waals surface area contributed by atoms with Crippen molar-refractivity contribution in [1.82, 2.24) is 34.0 Å². The standard InChI is InChI=1S/C27H26F2N8O/c1-35-15-21(13-34-35)20-4-2-19(3-5-20)12-30-25-11-23(32-18-33-25)24-14-31-26-10-22(6-7-37(24)26)38-9-8-36-16-27(28,29)17-36/h2-7,10-11,13-15,18H,8-9,12,16-17H2,1H3,(H,30,32,33).